The van der Waals surface area contributed by atoms with E-state index in [0.717, 1.165) is 13.1 Å². The van der Waals surface area contributed by atoms with Crippen LogP contribution in [0.2, 0.25) is 0 Å². The molecular weight excluding hydrogens is 178 g/mol. The van der Waals surface area contributed by atoms with Crippen molar-refractivity contribution in [3.05, 3.63) is 18.0 Å². The van der Waals surface area contributed by atoms with Crippen molar-refractivity contribution in [2.75, 3.05) is 13.7 Å². The molecule has 0 aliphatic rings. The van der Waals surface area contributed by atoms with E-state index in [-0.39, 0.29) is 12.6 Å². The SMILES string of the molecule is CCn1cc(CN(C)C(C)CO)cn1. The van der Waals surface area contributed by atoms with Crippen LogP contribution in [0.1, 0.15) is 19.4 Å². The van der Waals surface area contributed by atoms with Gasteiger partial charge in [-0.1, -0.05) is 0 Å². The van der Waals surface area contributed by atoms with Gasteiger partial charge in [0.2, 0.25) is 0 Å². The lowest BCUT2D eigenvalue weighted by molar-refractivity contribution is 0.154. The number of aromatic nitrogens is 2. The molecule has 1 aromatic heterocycles. The third-order valence-electron chi connectivity index (χ3n) is 2.46. The standard InChI is InChI=1S/C10H19N3O/c1-4-13-7-10(5-11-13)6-12(3)9(2)8-14/h5,7,9,14H,4,6,8H2,1-3H3. The van der Waals surface area contributed by atoms with Gasteiger partial charge in [-0.15, -0.1) is 0 Å². The smallest absolute Gasteiger partial charge is 0.0584 e. The van der Waals surface area contributed by atoms with E-state index in [1.54, 1.807) is 0 Å². The van der Waals surface area contributed by atoms with Crippen LogP contribution in [0, 0.1) is 0 Å². The first-order chi connectivity index (χ1) is 6.67. The maximum Gasteiger partial charge on any atom is 0.0584 e. The predicted octanol–water partition coefficient (Wildman–Crippen LogP) is 0.716. The summed E-state index contributed by atoms with van der Waals surface area (Å²) in [5.74, 6) is 0. The molecule has 0 aromatic carbocycles. The minimum Gasteiger partial charge on any atom is -0.395 e. The number of aliphatic hydroxyl groups is 1. The van der Waals surface area contributed by atoms with E-state index in [0.29, 0.717) is 0 Å². The first kappa shape index (κ1) is 11.2. The van der Waals surface area contributed by atoms with E-state index < -0.39 is 0 Å². The summed E-state index contributed by atoms with van der Waals surface area (Å²) in [7, 11) is 2.00. The van der Waals surface area contributed by atoms with Gasteiger partial charge < -0.3 is 5.11 Å². The van der Waals surface area contributed by atoms with E-state index in [4.69, 9.17) is 5.11 Å². The third kappa shape index (κ3) is 2.82. The van der Waals surface area contributed by atoms with Crippen molar-refractivity contribution >= 4 is 0 Å². The number of hydrogen-bond acceptors (Lipinski definition) is 3. The van der Waals surface area contributed by atoms with Gasteiger partial charge >= 0.3 is 0 Å². The first-order valence-corrected chi connectivity index (χ1v) is 4.99. The number of aliphatic hydroxyl groups excluding tert-OH is 1. The number of rotatable bonds is 5. The van der Waals surface area contributed by atoms with Crippen LogP contribution in [0.5, 0.6) is 0 Å². The van der Waals surface area contributed by atoms with Crippen molar-refractivity contribution in [1.29, 1.82) is 0 Å². The van der Waals surface area contributed by atoms with Crippen molar-refractivity contribution in [3.63, 3.8) is 0 Å². The molecule has 0 spiro atoms. The Kier molecular flexibility index (Phi) is 4.10. The Labute approximate surface area is 85.1 Å². The van der Waals surface area contributed by atoms with Crippen LogP contribution in [0.3, 0.4) is 0 Å². The molecule has 1 heterocycles. The van der Waals surface area contributed by atoms with Gasteiger partial charge in [-0.2, -0.15) is 5.10 Å². The zero-order valence-electron chi connectivity index (χ0n) is 9.14. The Balaban J connectivity index is 2.51. The Morgan fingerprint density at radius 1 is 1.64 bits per heavy atom. The largest absolute Gasteiger partial charge is 0.395 e. The van der Waals surface area contributed by atoms with Gasteiger partial charge in [-0.3, -0.25) is 9.58 Å². The second kappa shape index (κ2) is 5.12. The Hall–Kier alpha value is -0.870. The Morgan fingerprint density at radius 3 is 2.86 bits per heavy atom. The van der Waals surface area contributed by atoms with Crippen molar-refractivity contribution in [1.82, 2.24) is 14.7 Å². The summed E-state index contributed by atoms with van der Waals surface area (Å²) in [5.41, 5.74) is 1.19. The molecule has 0 saturated heterocycles. The van der Waals surface area contributed by atoms with Crippen molar-refractivity contribution in [3.8, 4) is 0 Å². The van der Waals surface area contributed by atoms with Crippen LogP contribution in [0.15, 0.2) is 12.4 Å². The van der Waals surface area contributed by atoms with Crippen molar-refractivity contribution in [2.45, 2.75) is 33.0 Å². The fourth-order valence-electron chi connectivity index (χ4n) is 1.24. The van der Waals surface area contributed by atoms with Crippen LogP contribution in [-0.4, -0.2) is 39.5 Å². The Bertz CT molecular complexity index is 272. The lowest BCUT2D eigenvalue weighted by Crippen LogP contribution is -2.31. The minimum atomic E-state index is 0.193. The predicted molar refractivity (Wildman–Crippen MR) is 55.9 cm³/mol. The normalized spacial score (nSPS) is 13.5. The molecule has 1 unspecified atom stereocenters. The maximum atomic E-state index is 8.97. The Morgan fingerprint density at radius 2 is 2.36 bits per heavy atom. The van der Waals surface area contributed by atoms with E-state index in [9.17, 15) is 0 Å². The number of likely N-dealkylation sites (N-methyl/N-ethyl adjacent to an activating group) is 1. The molecule has 4 heteroatoms. The lowest BCUT2D eigenvalue weighted by atomic mass is 10.2. The average Bonchev–Trinajstić information content (AvgIpc) is 2.64. The van der Waals surface area contributed by atoms with Gasteiger partial charge in [-0.05, 0) is 20.9 Å². The van der Waals surface area contributed by atoms with Crippen LogP contribution in [0.25, 0.3) is 0 Å². The second-order valence-electron chi connectivity index (χ2n) is 3.65. The van der Waals surface area contributed by atoms with Crippen molar-refractivity contribution in [2.24, 2.45) is 0 Å². The summed E-state index contributed by atoms with van der Waals surface area (Å²) in [6, 6.07) is 0.194. The molecule has 0 bridgehead atoms. The molecule has 0 amide bonds. The zero-order valence-corrected chi connectivity index (χ0v) is 9.14. The summed E-state index contributed by atoms with van der Waals surface area (Å²) in [5, 5.41) is 13.2. The molecule has 0 saturated carbocycles. The van der Waals surface area contributed by atoms with E-state index in [2.05, 4.69) is 16.9 Å². The summed E-state index contributed by atoms with van der Waals surface area (Å²) < 4.78 is 1.91. The third-order valence-corrected chi connectivity index (χ3v) is 2.46. The summed E-state index contributed by atoms with van der Waals surface area (Å²) in [6.45, 7) is 6.00. The minimum absolute atomic E-state index is 0.193. The number of nitrogens with zero attached hydrogens (tertiary/aromatic N) is 3. The van der Waals surface area contributed by atoms with E-state index >= 15 is 0 Å². The summed E-state index contributed by atoms with van der Waals surface area (Å²) in [4.78, 5) is 2.11. The molecular formula is C10H19N3O. The van der Waals surface area contributed by atoms with E-state index in [1.807, 2.05) is 31.0 Å². The zero-order chi connectivity index (χ0) is 10.6. The molecule has 0 radical (unpaired) electrons. The van der Waals surface area contributed by atoms with Gasteiger partial charge in [0.25, 0.3) is 0 Å². The summed E-state index contributed by atoms with van der Waals surface area (Å²) in [6.07, 6.45) is 3.92. The molecule has 1 aromatic rings. The maximum absolute atomic E-state index is 8.97. The van der Waals surface area contributed by atoms with Crippen LogP contribution < -0.4 is 0 Å². The molecule has 4 nitrogen and oxygen atoms in total. The van der Waals surface area contributed by atoms with Crippen LogP contribution >= 0.6 is 0 Å². The molecule has 14 heavy (non-hydrogen) atoms. The fraction of sp³-hybridized carbons (Fsp3) is 0.700. The van der Waals surface area contributed by atoms with Gasteiger partial charge in [0, 0.05) is 30.9 Å². The molecule has 80 valence electrons. The number of aryl methyl sites for hydroxylation is 1. The molecule has 0 aliphatic heterocycles. The average molecular weight is 197 g/mol. The molecule has 0 fully saturated rings. The highest BCUT2D eigenvalue weighted by molar-refractivity contribution is 5.03. The lowest BCUT2D eigenvalue weighted by Gasteiger charge is -2.21. The molecule has 1 N–H and O–H groups in total. The van der Waals surface area contributed by atoms with Crippen LogP contribution in [0.4, 0.5) is 0 Å². The second-order valence-corrected chi connectivity index (χ2v) is 3.65. The number of hydrogen-bond donors (Lipinski definition) is 1. The molecule has 1 rings (SSSR count). The van der Waals surface area contributed by atoms with Gasteiger partial charge in [0.05, 0.1) is 12.8 Å². The van der Waals surface area contributed by atoms with Gasteiger partial charge in [0.1, 0.15) is 0 Å². The van der Waals surface area contributed by atoms with Crippen molar-refractivity contribution < 1.29 is 5.11 Å². The topological polar surface area (TPSA) is 41.3 Å². The highest BCUT2D eigenvalue weighted by Crippen LogP contribution is 2.04. The van der Waals surface area contributed by atoms with E-state index in [1.165, 1.54) is 5.56 Å². The highest BCUT2D eigenvalue weighted by Gasteiger charge is 2.08. The van der Waals surface area contributed by atoms with Gasteiger partial charge in [-0.25, -0.2) is 0 Å². The monoisotopic (exact) mass is 197 g/mol. The van der Waals surface area contributed by atoms with Gasteiger partial charge in [0.15, 0.2) is 0 Å². The molecule has 1 atom stereocenters. The van der Waals surface area contributed by atoms with Crippen LogP contribution in [-0.2, 0) is 13.1 Å². The quantitative estimate of drug-likeness (QED) is 0.756. The summed E-state index contributed by atoms with van der Waals surface area (Å²) >= 11 is 0. The highest BCUT2D eigenvalue weighted by atomic mass is 16.3. The fourth-order valence-corrected chi connectivity index (χ4v) is 1.24. The molecule has 0 aliphatic carbocycles. The first-order valence-electron chi connectivity index (χ1n) is 4.99.